The molecule has 0 fully saturated rings. The Bertz CT molecular complexity index is 551. The van der Waals surface area contributed by atoms with Crippen LogP contribution in [0.2, 0.25) is 0 Å². The summed E-state index contributed by atoms with van der Waals surface area (Å²) in [6.07, 6.45) is 0. The van der Waals surface area contributed by atoms with E-state index in [-0.39, 0.29) is 17.7 Å². The Balaban J connectivity index is 2.66. The normalized spacial score (nSPS) is 14.6. The minimum atomic E-state index is -0.255. The average molecular weight is 519 g/mol. The summed E-state index contributed by atoms with van der Waals surface area (Å²) in [6, 6.07) is 0. The van der Waals surface area contributed by atoms with Gasteiger partial charge < -0.3 is 0 Å². The lowest BCUT2D eigenvalue weighted by Crippen LogP contribution is -2.33. The number of rotatable bonds is 2. The van der Waals surface area contributed by atoms with Crippen LogP contribution >= 0.6 is 63.7 Å². The largest absolute Gasteiger partial charge is 0.274 e. The number of carbonyl (C=O) groups excluding carboxylic acids is 2. The molecule has 0 aromatic heterocycles. The van der Waals surface area contributed by atoms with Gasteiger partial charge in [-0.2, -0.15) is 0 Å². The molecule has 1 aliphatic rings. The minimum Gasteiger partial charge on any atom is -0.274 e. The van der Waals surface area contributed by atoms with E-state index in [1.165, 1.54) is 4.90 Å². The van der Waals surface area contributed by atoms with Gasteiger partial charge in [0.2, 0.25) is 0 Å². The molecule has 2 amide bonds. The van der Waals surface area contributed by atoms with Crippen LogP contribution in [-0.2, 0) is 0 Å². The molecule has 0 aliphatic carbocycles. The lowest BCUT2D eigenvalue weighted by Gasteiger charge is -2.15. The summed E-state index contributed by atoms with van der Waals surface area (Å²) < 4.78 is 2.63. The van der Waals surface area contributed by atoms with Crippen molar-refractivity contribution in [3.63, 3.8) is 0 Å². The van der Waals surface area contributed by atoms with Crippen LogP contribution < -0.4 is 0 Å². The topological polar surface area (TPSA) is 37.4 Å². The number of imide groups is 1. The fraction of sp³-hybridized carbons (Fsp3) is 0.333. The second-order valence-electron chi connectivity index (χ2n) is 4.62. The van der Waals surface area contributed by atoms with Crippen LogP contribution in [0.1, 0.15) is 34.6 Å². The number of benzene rings is 1. The molecule has 1 aromatic rings. The predicted molar refractivity (Wildman–Crippen MR) is 87.4 cm³/mol. The fourth-order valence-electron chi connectivity index (χ4n) is 1.93. The number of carbonyl (C=O) groups is 2. The van der Waals surface area contributed by atoms with Crippen LogP contribution in [0.4, 0.5) is 0 Å². The molecule has 1 heterocycles. The van der Waals surface area contributed by atoms with Crippen LogP contribution in [0.25, 0.3) is 0 Å². The van der Waals surface area contributed by atoms with E-state index in [4.69, 9.17) is 0 Å². The van der Waals surface area contributed by atoms with Gasteiger partial charge in [-0.25, -0.2) is 0 Å². The van der Waals surface area contributed by atoms with Gasteiger partial charge in [0.05, 0.1) is 11.1 Å². The molecule has 7 heteroatoms. The van der Waals surface area contributed by atoms with E-state index in [0.717, 1.165) is 0 Å². The Morgan fingerprint density at radius 3 is 1.53 bits per heavy atom. The molecule has 0 atom stereocenters. The van der Waals surface area contributed by atoms with E-state index in [9.17, 15) is 9.59 Å². The molecule has 2 rings (SSSR count). The summed E-state index contributed by atoms with van der Waals surface area (Å²) in [6.45, 7) is 4.36. The summed E-state index contributed by atoms with van der Waals surface area (Å²) in [5.41, 5.74) is 0.820. The van der Waals surface area contributed by atoms with Gasteiger partial charge in [-0.1, -0.05) is 13.8 Å². The Hall–Kier alpha value is 0.280. The molecule has 0 unspecified atom stereocenters. The molecule has 3 nitrogen and oxygen atoms in total. The standard InChI is InChI=1S/C12H9Br4NO2/c1-4(2)3-17-11(18)5-6(12(17)19)8(14)10(16)9(15)7(5)13/h4H,3H2,1-2H3. The number of halogens is 4. The fourth-order valence-corrected chi connectivity index (χ4v) is 4.38. The van der Waals surface area contributed by atoms with E-state index in [2.05, 4.69) is 63.7 Å². The Morgan fingerprint density at radius 1 is 0.842 bits per heavy atom. The number of amides is 2. The molecule has 0 N–H and O–H groups in total. The first-order chi connectivity index (χ1) is 8.77. The molecule has 0 saturated heterocycles. The number of hydrogen-bond donors (Lipinski definition) is 0. The van der Waals surface area contributed by atoms with Gasteiger partial charge >= 0.3 is 0 Å². The molecular formula is C12H9Br4NO2. The van der Waals surface area contributed by atoms with Crippen LogP contribution in [0.15, 0.2) is 17.9 Å². The summed E-state index contributed by atoms with van der Waals surface area (Å²) in [5, 5.41) is 0. The molecule has 0 bridgehead atoms. The number of fused-ring (bicyclic) bond motifs is 1. The molecule has 102 valence electrons. The van der Waals surface area contributed by atoms with Crippen molar-refractivity contribution in [1.82, 2.24) is 4.90 Å². The number of nitrogens with zero attached hydrogens (tertiary/aromatic N) is 1. The zero-order valence-corrected chi connectivity index (χ0v) is 16.4. The summed E-state index contributed by atoms with van der Waals surface area (Å²) >= 11 is 13.6. The zero-order chi connectivity index (χ0) is 14.5. The van der Waals surface area contributed by atoms with Crippen LogP contribution in [0, 0.1) is 5.92 Å². The van der Waals surface area contributed by atoms with E-state index in [1.807, 2.05) is 13.8 Å². The highest BCUT2D eigenvalue weighted by molar-refractivity contribution is 9.15. The molecular weight excluding hydrogens is 510 g/mol. The second kappa shape index (κ2) is 5.58. The van der Waals surface area contributed by atoms with Gasteiger partial charge in [0.15, 0.2) is 0 Å². The second-order valence-corrected chi connectivity index (χ2v) is 7.79. The van der Waals surface area contributed by atoms with Crippen LogP contribution in [0.3, 0.4) is 0 Å². The lowest BCUT2D eigenvalue weighted by molar-refractivity contribution is 0.0635. The van der Waals surface area contributed by atoms with Crippen molar-refractivity contribution in [2.24, 2.45) is 5.92 Å². The Morgan fingerprint density at radius 2 is 1.21 bits per heavy atom. The molecule has 0 saturated carbocycles. The number of hydrogen-bond acceptors (Lipinski definition) is 2. The monoisotopic (exact) mass is 515 g/mol. The third-order valence-electron chi connectivity index (χ3n) is 2.73. The first-order valence-corrected chi connectivity index (χ1v) is 8.66. The third-order valence-corrected chi connectivity index (χ3v) is 7.50. The minimum absolute atomic E-state index is 0.228. The van der Waals surface area contributed by atoms with Crippen LogP contribution in [0.5, 0.6) is 0 Å². The van der Waals surface area contributed by atoms with Crippen molar-refractivity contribution in [2.45, 2.75) is 13.8 Å². The van der Waals surface area contributed by atoms with E-state index < -0.39 is 0 Å². The first-order valence-electron chi connectivity index (χ1n) is 5.49. The third kappa shape index (κ3) is 2.47. The van der Waals surface area contributed by atoms with E-state index in [0.29, 0.717) is 35.6 Å². The van der Waals surface area contributed by atoms with Gasteiger partial charge in [0.1, 0.15) is 0 Å². The lowest BCUT2D eigenvalue weighted by atomic mass is 10.1. The quantitative estimate of drug-likeness (QED) is 0.314. The van der Waals surface area contributed by atoms with Crippen molar-refractivity contribution >= 4 is 75.5 Å². The summed E-state index contributed by atoms with van der Waals surface area (Å²) in [7, 11) is 0. The van der Waals surface area contributed by atoms with Crippen molar-refractivity contribution in [3.05, 3.63) is 29.0 Å². The highest BCUT2D eigenvalue weighted by atomic mass is 79.9. The molecule has 0 radical (unpaired) electrons. The van der Waals surface area contributed by atoms with Gasteiger partial charge in [-0.15, -0.1) is 0 Å². The molecule has 1 aliphatic heterocycles. The molecule has 1 aromatic carbocycles. The summed E-state index contributed by atoms with van der Waals surface area (Å²) in [5.74, 6) is -0.282. The maximum atomic E-state index is 12.4. The average Bonchev–Trinajstić information content (AvgIpc) is 2.58. The molecule has 19 heavy (non-hydrogen) atoms. The Labute approximate surface area is 144 Å². The maximum Gasteiger partial charge on any atom is 0.262 e. The van der Waals surface area contributed by atoms with E-state index in [1.54, 1.807) is 0 Å². The highest BCUT2D eigenvalue weighted by Crippen LogP contribution is 2.45. The summed E-state index contributed by atoms with van der Waals surface area (Å²) in [4.78, 5) is 26.1. The highest BCUT2D eigenvalue weighted by Gasteiger charge is 2.40. The van der Waals surface area contributed by atoms with Gasteiger partial charge in [0, 0.05) is 24.4 Å². The van der Waals surface area contributed by atoms with Gasteiger partial charge in [-0.05, 0) is 69.6 Å². The van der Waals surface area contributed by atoms with Gasteiger partial charge in [0.25, 0.3) is 11.8 Å². The predicted octanol–water partition coefficient (Wildman–Crippen LogP) is 4.99. The van der Waals surface area contributed by atoms with Crippen LogP contribution in [-0.4, -0.2) is 23.3 Å². The SMILES string of the molecule is CC(C)CN1C(=O)c2c(Br)c(Br)c(Br)c(Br)c2C1=O. The Kier molecular flexibility index (Phi) is 4.60. The van der Waals surface area contributed by atoms with Crippen molar-refractivity contribution in [2.75, 3.05) is 6.54 Å². The van der Waals surface area contributed by atoms with Gasteiger partial charge in [-0.3, -0.25) is 14.5 Å². The molecule has 0 spiro atoms. The van der Waals surface area contributed by atoms with Crippen molar-refractivity contribution < 1.29 is 9.59 Å². The van der Waals surface area contributed by atoms with Crippen molar-refractivity contribution in [1.29, 1.82) is 0 Å². The smallest absolute Gasteiger partial charge is 0.262 e. The van der Waals surface area contributed by atoms with E-state index >= 15 is 0 Å². The zero-order valence-electron chi connectivity index (χ0n) is 10.1. The first kappa shape index (κ1) is 15.7. The van der Waals surface area contributed by atoms with Crippen molar-refractivity contribution in [3.8, 4) is 0 Å². The maximum absolute atomic E-state index is 12.4.